The van der Waals surface area contributed by atoms with Gasteiger partial charge in [-0.2, -0.15) is 0 Å². The van der Waals surface area contributed by atoms with Crippen LogP contribution in [0.5, 0.6) is 0 Å². The predicted molar refractivity (Wildman–Crippen MR) is 66.7 cm³/mol. The second-order valence-electron chi connectivity index (χ2n) is 5.12. The van der Waals surface area contributed by atoms with Crippen LogP contribution in [0.2, 0.25) is 0 Å². The van der Waals surface area contributed by atoms with Crippen LogP contribution in [-0.2, 0) is 19.1 Å². The molecule has 0 aromatic carbocycles. The summed E-state index contributed by atoms with van der Waals surface area (Å²) in [6.45, 7) is 2.61. The Morgan fingerprint density at radius 2 is 2.21 bits per heavy atom. The van der Waals surface area contributed by atoms with E-state index in [0.29, 0.717) is 39.1 Å². The van der Waals surface area contributed by atoms with Crippen LogP contribution in [0.3, 0.4) is 0 Å². The monoisotopic (exact) mass is 271 g/mol. The third-order valence-corrected chi connectivity index (χ3v) is 3.68. The fourth-order valence-corrected chi connectivity index (χ4v) is 2.50. The number of carbonyl (C=O) groups excluding carboxylic acids is 1. The number of aliphatic carboxylic acids is 1. The SMILES string of the molecule is O=C(O)C1CCN(C(=O)CCOCC2CCCO2)C1. The molecule has 2 aliphatic rings. The topological polar surface area (TPSA) is 76.1 Å². The zero-order valence-electron chi connectivity index (χ0n) is 11.0. The van der Waals surface area contributed by atoms with E-state index in [1.54, 1.807) is 4.90 Å². The van der Waals surface area contributed by atoms with Crippen LogP contribution in [-0.4, -0.2) is 60.9 Å². The fraction of sp³-hybridized carbons (Fsp3) is 0.846. The molecule has 2 fully saturated rings. The smallest absolute Gasteiger partial charge is 0.308 e. The van der Waals surface area contributed by atoms with Gasteiger partial charge in [0.2, 0.25) is 5.91 Å². The molecule has 2 saturated heterocycles. The van der Waals surface area contributed by atoms with E-state index in [1.807, 2.05) is 0 Å². The Labute approximate surface area is 112 Å². The Kier molecular flexibility index (Phi) is 5.15. The summed E-state index contributed by atoms with van der Waals surface area (Å²) in [4.78, 5) is 24.3. The number of rotatable bonds is 6. The van der Waals surface area contributed by atoms with Gasteiger partial charge in [-0.1, -0.05) is 0 Å². The second kappa shape index (κ2) is 6.86. The van der Waals surface area contributed by atoms with Crippen molar-refractivity contribution in [2.75, 3.05) is 32.9 Å². The summed E-state index contributed by atoms with van der Waals surface area (Å²) < 4.78 is 10.8. The van der Waals surface area contributed by atoms with Gasteiger partial charge in [-0.3, -0.25) is 9.59 Å². The van der Waals surface area contributed by atoms with Gasteiger partial charge in [0.15, 0.2) is 0 Å². The molecule has 0 aliphatic carbocycles. The first-order valence-corrected chi connectivity index (χ1v) is 6.86. The van der Waals surface area contributed by atoms with Gasteiger partial charge in [-0.15, -0.1) is 0 Å². The molecule has 6 nitrogen and oxygen atoms in total. The zero-order valence-corrected chi connectivity index (χ0v) is 11.0. The lowest BCUT2D eigenvalue weighted by Crippen LogP contribution is -2.30. The van der Waals surface area contributed by atoms with Crippen molar-refractivity contribution >= 4 is 11.9 Å². The van der Waals surface area contributed by atoms with Crippen molar-refractivity contribution in [2.45, 2.75) is 31.8 Å². The summed E-state index contributed by atoms with van der Waals surface area (Å²) in [6.07, 6.45) is 3.16. The number of carbonyl (C=O) groups is 2. The zero-order chi connectivity index (χ0) is 13.7. The Morgan fingerprint density at radius 1 is 1.37 bits per heavy atom. The van der Waals surface area contributed by atoms with Crippen LogP contribution in [0, 0.1) is 5.92 Å². The Balaban J connectivity index is 1.58. The van der Waals surface area contributed by atoms with Gasteiger partial charge in [-0.25, -0.2) is 0 Å². The number of likely N-dealkylation sites (tertiary alicyclic amines) is 1. The molecular weight excluding hydrogens is 250 g/mol. The number of carboxylic acids is 1. The molecule has 0 aromatic rings. The third-order valence-electron chi connectivity index (χ3n) is 3.68. The molecule has 0 radical (unpaired) electrons. The molecule has 2 aliphatic heterocycles. The molecule has 2 heterocycles. The van der Waals surface area contributed by atoms with Crippen molar-refractivity contribution in [3.63, 3.8) is 0 Å². The molecular formula is C13H21NO5. The van der Waals surface area contributed by atoms with Gasteiger partial charge in [0, 0.05) is 19.7 Å². The van der Waals surface area contributed by atoms with Gasteiger partial charge in [0.05, 0.1) is 31.7 Å². The van der Waals surface area contributed by atoms with E-state index >= 15 is 0 Å². The molecule has 2 unspecified atom stereocenters. The molecule has 1 amide bonds. The summed E-state index contributed by atoms with van der Waals surface area (Å²) in [5.41, 5.74) is 0. The standard InChI is InChI=1S/C13H21NO5/c15-12(14-5-3-10(8-14)13(16)17)4-7-18-9-11-2-1-6-19-11/h10-11H,1-9H2,(H,16,17). The minimum absolute atomic E-state index is 0.0175. The molecule has 2 atom stereocenters. The van der Waals surface area contributed by atoms with Gasteiger partial charge in [0.25, 0.3) is 0 Å². The van der Waals surface area contributed by atoms with E-state index in [-0.39, 0.29) is 12.0 Å². The first-order valence-electron chi connectivity index (χ1n) is 6.86. The van der Waals surface area contributed by atoms with Crippen molar-refractivity contribution in [2.24, 2.45) is 5.92 Å². The fourth-order valence-electron chi connectivity index (χ4n) is 2.50. The third kappa shape index (κ3) is 4.18. The van der Waals surface area contributed by atoms with E-state index in [4.69, 9.17) is 14.6 Å². The number of nitrogens with zero attached hydrogens (tertiary/aromatic N) is 1. The molecule has 0 aromatic heterocycles. The van der Waals surface area contributed by atoms with Crippen molar-refractivity contribution in [1.82, 2.24) is 4.90 Å². The maximum atomic E-state index is 11.8. The van der Waals surface area contributed by atoms with E-state index in [9.17, 15) is 9.59 Å². The lowest BCUT2D eigenvalue weighted by atomic mass is 10.1. The first-order chi connectivity index (χ1) is 9.16. The van der Waals surface area contributed by atoms with Crippen LogP contribution < -0.4 is 0 Å². The molecule has 6 heteroatoms. The largest absolute Gasteiger partial charge is 0.481 e. The highest BCUT2D eigenvalue weighted by Gasteiger charge is 2.30. The first kappa shape index (κ1) is 14.3. The van der Waals surface area contributed by atoms with Crippen LogP contribution in [0.25, 0.3) is 0 Å². The molecule has 0 saturated carbocycles. The molecule has 0 spiro atoms. The van der Waals surface area contributed by atoms with Gasteiger partial charge < -0.3 is 19.5 Å². The quantitative estimate of drug-likeness (QED) is 0.712. The average molecular weight is 271 g/mol. The number of hydrogen-bond donors (Lipinski definition) is 1. The summed E-state index contributed by atoms with van der Waals surface area (Å²) in [5.74, 6) is -1.24. The highest BCUT2D eigenvalue weighted by Crippen LogP contribution is 2.17. The van der Waals surface area contributed by atoms with E-state index in [0.717, 1.165) is 19.4 Å². The Hall–Kier alpha value is -1.14. The van der Waals surface area contributed by atoms with Crippen LogP contribution in [0.4, 0.5) is 0 Å². The van der Waals surface area contributed by atoms with Gasteiger partial charge in [0.1, 0.15) is 0 Å². The Morgan fingerprint density at radius 3 is 2.84 bits per heavy atom. The highest BCUT2D eigenvalue weighted by molar-refractivity contribution is 5.78. The number of ether oxygens (including phenoxy) is 2. The average Bonchev–Trinajstić information content (AvgIpc) is 3.05. The summed E-state index contributed by atoms with van der Waals surface area (Å²) >= 11 is 0. The predicted octanol–water partition coefficient (Wildman–Crippen LogP) is 0.505. The normalized spacial score (nSPS) is 26.8. The highest BCUT2D eigenvalue weighted by atomic mass is 16.5. The van der Waals surface area contributed by atoms with Crippen molar-refractivity contribution in [1.29, 1.82) is 0 Å². The van der Waals surface area contributed by atoms with E-state index in [1.165, 1.54) is 0 Å². The van der Waals surface area contributed by atoms with Crippen LogP contribution in [0.1, 0.15) is 25.7 Å². The van der Waals surface area contributed by atoms with Crippen molar-refractivity contribution in [3.05, 3.63) is 0 Å². The molecule has 108 valence electrons. The number of amides is 1. The van der Waals surface area contributed by atoms with E-state index in [2.05, 4.69) is 0 Å². The number of carboxylic acid groups (broad SMARTS) is 1. The lowest BCUT2D eigenvalue weighted by Gasteiger charge is -2.16. The maximum Gasteiger partial charge on any atom is 0.308 e. The molecule has 2 rings (SSSR count). The summed E-state index contributed by atoms with van der Waals surface area (Å²) in [6, 6.07) is 0. The van der Waals surface area contributed by atoms with E-state index < -0.39 is 11.9 Å². The molecule has 1 N–H and O–H groups in total. The van der Waals surface area contributed by atoms with Crippen molar-refractivity contribution in [3.8, 4) is 0 Å². The minimum Gasteiger partial charge on any atom is -0.481 e. The summed E-state index contributed by atoms with van der Waals surface area (Å²) in [7, 11) is 0. The second-order valence-corrected chi connectivity index (χ2v) is 5.12. The Bertz CT molecular complexity index is 327. The lowest BCUT2D eigenvalue weighted by molar-refractivity contribution is -0.141. The molecule has 0 bridgehead atoms. The van der Waals surface area contributed by atoms with Gasteiger partial charge in [-0.05, 0) is 19.3 Å². The molecule has 19 heavy (non-hydrogen) atoms. The van der Waals surface area contributed by atoms with Crippen LogP contribution in [0.15, 0.2) is 0 Å². The maximum absolute atomic E-state index is 11.8. The summed E-state index contributed by atoms with van der Waals surface area (Å²) in [5, 5.41) is 8.87. The minimum atomic E-state index is -0.815. The number of hydrogen-bond acceptors (Lipinski definition) is 4. The van der Waals surface area contributed by atoms with Crippen LogP contribution >= 0.6 is 0 Å². The van der Waals surface area contributed by atoms with Gasteiger partial charge >= 0.3 is 5.97 Å². The van der Waals surface area contributed by atoms with Crippen molar-refractivity contribution < 1.29 is 24.2 Å².